The van der Waals surface area contributed by atoms with Crippen molar-refractivity contribution >= 4 is 33.7 Å². The Morgan fingerprint density at radius 1 is 1.31 bits per heavy atom. The van der Waals surface area contributed by atoms with Gasteiger partial charge in [-0.2, -0.15) is 0 Å². The second kappa shape index (κ2) is 10.7. The van der Waals surface area contributed by atoms with E-state index in [1.54, 1.807) is 24.3 Å². The average molecular weight is 512 g/mol. The second-order valence-corrected chi connectivity index (χ2v) is 8.51. The molecule has 0 bridgehead atoms. The number of cyclic esters (lactones) is 1. The Morgan fingerprint density at radius 2 is 2.03 bits per heavy atom. The average Bonchev–Trinajstić information content (AvgIpc) is 3.17. The van der Waals surface area contributed by atoms with Crippen LogP contribution in [0.3, 0.4) is 0 Å². The van der Waals surface area contributed by atoms with Crippen LogP contribution >= 0.6 is 15.9 Å². The first-order chi connectivity index (χ1) is 15.3. The summed E-state index contributed by atoms with van der Waals surface area (Å²) >= 11 is 3.18. The molecule has 0 radical (unpaired) electrons. The highest BCUT2D eigenvalue weighted by atomic mass is 79.9. The number of benzene rings is 1. The van der Waals surface area contributed by atoms with E-state index >= 15 is 0 Å². The number of aliphatic hydroxyl groups excluding tert-OH is 1. The van der Waals surface area contributed by atoms with Crippen molar-refractivity contribution in [2.45, 2.75) is 37.7 Å². The van der Waals surface area contributed by atoms with E-state index in [0.29, 0.717) is 6.42 Å². The molecule has 1 aromatic carbocycles. The van der Waals surface area contributed by atoms with Gasteiger partial charge in [-0.25, -0.2) is 9.69 Å². The number of rotatable bonds is 9. The van der Waals surface area contributed by atoms with Gasteiger partial charge in [0, 0.05) is 13.0 Å². The molecule has 1 saturated heterocycles. The predicted molar refractivity (Wildman–Crippen MR) is 116 cm³/mol. The van der Waals surface area contributed by atoms with Crippen molar-refractivity contribution in [1.82, 2.24) is 4.90 Å². The maximum atomic E-state index is 13.2. The maximum absolute atomic E-state index is 13.2. The number of amides is 2. The fourth-order valence-corrected chi connectivity index (χ4v) is 4.20. The highest BCUT2D eigenvalue weighted by Crippen LogP contribution is 2.37. The molecule has 9 nitrogen and oxygen atoms in total. The van der Waals surface area contributed by atoms with Crippen LogP contribution in [0, 0.1) is 5.92 Å². The first-order valence-electron chi connectivity index (χ1n) is 10.3. The van der Waals surface area contributed by atoms with E-state index in [-0.39, 0.29) is 37.3 Å². The van der Waals surface area contributed by atoms with Gasteiger partial charge in [-0.3, -0.25) is 9.59 Å². The van der Waals surface area contributed by atoms with Crippen LogP contribution in [0.15, 0.2) is 40.9 Å². The van der Waals surface area contributed by atoms with Gasteiger partial charge in [0.15, 0.2) is 11.6 Å². The highest BCUT2D eigenvalue weighted by Gasteiger charge is 2.48. The second-order valence-electron chi connectivity index (χ2n) is 7.66. The lowest BCUT2D eigenvalue weighted by atomic mass is 9.93. The fraction of sp³-hybridized carbons (Fsp3) is 0.500. The van der Waals surface area contributed by atoms with Crippen LogP contribution in [0.1, 0.15) is 31.4 Å². The number of halogens is 1. The molecule has 0 spiro atoms. The zero-order valence-electron chi connectivity index (χ0n) is 17.6. The van der Waals surface area contributed by atoms with E-state index in [2.05, 4.69) is 15.9 Å². The van der Waals surface area contributed by atoms with Crippen LogP contribution in [0.5, 0.6) is 0 Å². The summed E-state index contributed by atoms with van der Waals surface area (Å²) in [6, 6.07) is 8.39. The van der Waals surface area contributed by atoms with Gasteiger partial charge in [0.1, 0.15) is 18.8 Å². The van der Waals surface area contributed by atoms with E-state index in [1.165, 1.54) is 13.0 Å². The van der Waals surface area contributed by atoms with E-state index in [0.717, 1.165) is 10.5 Å². The monoisotopic (exact) mass is 511 g/mol. The number of aliphatic hydroxyl groups is 2. The van der Waals surface area contributed by atoms with Crippen molar-refractivity contribution in [2.75, 3.05) is 26.4 Å². The minimum absolute atomic E-state index is 0.0179. The Bertz CT molecular complexity index is 876. The number of carbonyl (C=O) groups excluding carboxylic acids is 3. The third kappa shape index (κ3) is 5.26. The third-order valence-electron chi connectivity index (χ3n) is 5.42. The maximum Gasteiger partial charge on any atom is 0.417 e. The SMILES string of the molecule is C[C@@H](C(=O)N1C(=O)OC[C@H]1c1ccccc1)[C@@H]1O[C@@](O)(CCCOCCO)C(Br)=CC1=O. The first kappa shape index (κ1) is 24.5. The van der Waals surface area contributed by atoms with Gasteiger partial charge in [-0.15, -0.1) is 0 Å². The van der Waals surface area contributed by atoms with Crippen LogP contribution in [0.25, 0.3) is 0 Å². The van der Waals surface area contributed by atoms with Gasteiger partial charge in [0.05, 0.1) is 23.6 Å². The number of carbonyl (C=O) groups is 3. The van der Waals surface area contributed by atoms with Gasteiger partial charge >= 0.3 is 6.09 Å². The summed E-state index contributed by atoms with van der Waals surface area (Å²) < 4.78 is 16.2. The molecule has 0 unspecified atom stereocenters. The smallest absolute Gasteiger partial charge is 0.417 e. The summed E-state index contributed by atoms with van der Waals surface area (Å²) in [5.74, 6) is -3.99. The molecular weight excluding hydrogens is 486 g/mol. The summed E-state index contributed by atoms with van der Waals surface area (Å²) in [5, 5.41) is 19.7. The molecule has 4 atom stereocenters. The van der Waals surface area contributed by atoms with Crippen LogP contribution in [0.4, 0.5) is 4.79 Å². The Hall–Kier alpha value is -2.11. The molecule has 1 aromatic rings. The molecule has 0 aromatic heterocycles. The standard InChI is InChI=1S/C22H26BrNO8/c1-14(20(27)24-16(13-31-21(24)28)15-6-3-2-4-7-15)19-17(26)12-18(23)22(29,32-19)8-5-10-30-11-9-25/h2-4,6-7,12,14,16,19,25,29H,5,8-11,13H2,1H3/t14-,16+,19+,22+/m1/s1. The molecular formula is C22H26BrNO8. The predicted octanol–water partition coefficient (Wildman–Crippen LogP) is 2.07. The molecule has 0 aliphatic carbocycles. The normalized spacial score (nSPS) is 26.6. The van der Waals surface area contributed by atoms with Crippen molar-refractivity contribution in [3.8, 4) is 0 Å². The Balaban J connectivity index is 1.74. The van der Waals surface area contributed by atoms with Crippen molar-refractivity contribution in [3.63, 3.8) is 0 Å². The molecule has 2 amide bonds. The molecule has 1 fully saturated rings. The van der Waals surface area contributed by atoms with E-state index in [4.69, 9.17) is 19.3 Å². The lowest BCUT2D eigenvalue weighted by Gasteiger charge is -2.37. The highest BCUT2D eigenvalue weighted by molar-refractivity contribution is 9.11. The molecule has 0 saturated carbocycles. The molecule has 32 heavy (non-hydrogen) atoms. The topological polar surface area (TPSA) is 123 Å². The summed E-state index contributed by atoms with van der Waals surface area (Å²) in [6.45, 7) is 1.85. The number of ether oxygens (including phenoxy) is 3. The van der Waals surface area contributed by atoms with Gasteiger partial charge in [0.2, 0.25) is 5.91 Å². The van der Waals surface area contributed by atoms with Gasteiger partial charge < -0.3 is 24.4 Å². The Kier molecular flexibility index (Phi) is 8.18. The molecule has 10 heteroatoms. The molecule has 2 N–H and O–H groups in total. The van der Waals surface area contributed by atoms with Gasteiger partial charge in [0.25, 0.3) is 0 Å². The van der Waals surface area contributed by atoms with Crippen molar-refractivity contribution < 1.29 is 38.8 Å². The zero-order chi connectivity index (χ0) is 23.3. The molecule has 2 aliphatic rings. The van der Waals surface area contributed by atoms with Crippen molar-refractivity contribution in [2.24, 2.45) is 5.92 Å². The fourth-order valence-electron chi connectivity index (χ4n) is 3.69. The largest absolute Gasteiger partial charge is 0.446 e. The summed E-state index contributed by atoms with van der Waals surface area (Å²) in [6.07, 6.45) is -0.386. The van der Waals surface area contributed by atoms with E-state index < -0.39 is 41.6 Å². The summed E-state index contributed by atoms with van der Waals surface area (Å²) in [7, 11) is 0. The van der Waals surface area contributed by atoms with Crippen LogP contribution in [0.2, 0.25) is 0 Å². The molecule has 3 rings (SSSR count). The number of imide groups is 1. The number of hydrogen-bond acceptors (Lipinski definition) is 8. The summed E-state index contributed by atoms with van der Waals surface area (Å²) in [4.78, 5) is 39.2. The Labute approximate surface area is 194 Å². The molecule has 2 heterocycles. The van der Waals surface area contributed by atoms with Gasteiger partial charge in [-0.05, 0) is 34.0 Å². The van der Waals surface area contributed by atoms with Crippen LogP contribution in [-0.4, -0.2) is 71.2 Å². The number of ketones is 1. The van der Waals surface area contributed by atoms with E-state index in [1.807, 2.05) is 6.07 Å². The van der Waals surface area contributed by atoms with Crippen molar-refractivity contribution in [3.05, 3.63) is 46.5 Å². The number of hydrogen-bond donors (Lipinski definition) is 2. The molecule has 174 valence electrons. The van der Waals surface area contributed by atoms with Crippen LogP contribution in [-0.2, 0) is 23.8 Å². The van der Waals surface area contributed by atoms with Crippen molar-refractivity contribution in [1.29, 1.82) is 0 Å². The van der Waals surface area contributed by atoms with E-state index in [9.17, 15) is 19.5 Å². The molecule has 2 aliphatic heterocycles. The third-order valence-corrected chi connectivity index (χ3v) is 6.27. The Morgan fingerprint density at radius 3 is 2.72 bits per heavy atom. The minimum Gasteiger partial charge on any atom is -0.446 e. The lowest BCUT2D eigenvalue weighted by molar-refractivity contribution is -0.217. The number of nitrogens with zero attached hydrogens (tertiary/aromatic N) is 1. The first-order valence-corrected chi connectivity index (χ1v) is 11.1. The lowest BCUT2D eigenvalue weighted by Crippen LogP contribution is -2.51. The van der Waals surface area contributed by atoms with Gasteiger partial charge in [-0.1, -0.05) is 37.3 Å². The quantitative estimate of drug-likeness (QED) is 0.483. The minimum atomic E-state index is -1.82. The van der Waals surface area contributed by atoms with Crippen LogP contribution < -0.4 is 0 Å². The zero-order valence-corrected chi connectivity index (χ0v) is 19.2. The summed E-state index contributed by atoms with van der Waals surface area (Å²) in [5.41, 5.74) is 0.733.